The van der Waals surface area contributed by atoms with E-state index in [1.54, 1.807) is 17.3 Å². The molecule has 0 fully saturated rings. The average Bonchev–Trinajstić information content (AvgIpc) is 2.80. The number of halogens is 1. The first-order chi connectivity index (χ1) is 15.5. The Bertz CT molecular complexity index is 1090. The third-order valence-corrected chi connectivity index (χ3v) is 5.43. The van der Waals surface area contributed by atoms with E-state index >= 15 is 0 Å². The zero-order valence-electron chi connectivity index (χ0n) is 18.7. The molecule has 0 radical (unpaired) electrons. The molecule has 0 unspecified atom stereocenters. The van der Waals surface area contributed by atoms with E-state index in [0.29, 0.717) is 40.9 Å². The van der Waals surface area contributed by atoms with E-state index < -0.39 is 0 Å². The molecule has 0 spiro atoms. The van der Waals surface area contributed by atoms with Crippen molar-refractivity contribution in [3.05, 3.63) is 83.4 Å². The van der Waals surface area contributed by atoms with Gasteiger partial charge in [0.05, 0.1) is 0 Å². The number of nitrogens with one attached hydrogen (secondary N) is 2. The average molecular weight is 450 g/mol. The van der Waals surface area contributed by atoms with Gasteiger partial charge in [-0.25, -0.2) is 4.99 Å². The van der Waals surface area contributed by atoms with Crippen molar-refractivity contribution in [3.63, 3.8) is 0 Å². The van der Waals surface area contributed by atoms with Crippen molar-refractivity contribution in [1.29, 1.82) is 0 Å². The molecule has 0 saturated carbocycles. The lowest BCUT2D eigenvalue weighted by molar-refractivity contribution is -0.121. The number of carbonyl (C=O) groups is 1. The Labute approximate surface area is 194 Å². The van der Waals surface area contributed by atoms with Gasteiger partial charge in [-0.1, -0.05) is 42.5 Å². The number of allylic oxidation sites excluding steroid dienone is 1. The predicted molar refractivity (Wildman–Crippen MR) is 132 cm³/mol. The van der Waals surface area contributed by atoms with Crippen molar-refractivity contribution in [1.82, 2.24) is 20.5 Å². The van der Waals surface area contributed by atoms with Gasteiger partial charge >= 0.3 is 0 Å². The molecule has 1 aromatic carbocycles. The molecule has 1 aliphatic heterocycles. The van der Waals surface area contributed by atoms with Crippen molar-refractivity contribution in [2.24, 2.45) is 4.99 Å². The van der Waals surface area contributed by atoms with E-state index in [-0.39, 0.29) is 5.91 Å². The van der Waals surface area contributed by atoms with E-state index in [1.165, 1.54) is 0 Å². The third kappa shape index (κ3) is 5.15. The number of pyridine rings is 1. The van der Waals surface area contributed by atoms with Crippen molar-refractivity contribution in [3.8, 4) is 11.1 Å². The minimum atomic E-state index is -0.143. The van der Waals surface area contributed by atoms with Gasteiger partial charge in [-0.15, -0.1) is 0 Å². The lowest BCUT2D eigenvalue weighted by Gasteiger charge is -2.30. The first kappa shape index (κ1) is 23.4. The normalized spacial score (nSPS) is 16.4. The number of amidine groups is 1. The summed E-state index contributed by atoms with van der Waals surface area (Å²) in [6, 6.07) is 9.56. The molecule has 1 aliphatic rings. The predicted octanol–water partition coefficient (Wildman–Crippen LogP) is 4.27. The minimum absolute atomic E-state index is 0.143. The molecule has 0 atom stereocenters. The molecule has 0 aliphatic carbocycles. The summed E-state index contributed by atoms with van der Waals surface area (Å²) < 4.78 is 0. The summed E-state index contributed by atoms with van der Waals surface area (Å²) in [6.07, 6.45) is 7.30. The van der Waals surface area contributed by atoms with Crippen LogP contribution in [-0.2, 0) is 4.79 Å². The standard InChI is InChI=1S/C25H28ClN5O/c1-5-18-14-22(21-10-9-19(15-23(21)26)20-8-7-11-28-16-20)25(32)31(6-2)24(18)30-17(3)29-13-12-27-4/h5,7-11,14-16,27,29H,3,6,12-13H2,1-2,4H3/b18-5-,30-24+. The van der Waals surface area contributed by atoms with Gasteiger partial charge in [0, 0.05) is 59.3 Å². The maximum absolute atomic E-state index is 13.4. The topological polar surface area (TPSA) is 69.6 Å². The second-order valence-electron chi connectivity index (χ2n) is 7.20. The number of amides is 1. The van der Waals surface area contributed by atoms with Crippen LogP contribution >= 0.6 is 11.6 Å². The summed E-state index contributed by atoms with van der Waals surface area (Å²) in [4.78, 5) is 23.8. The fourth-order valence-corrected chi connectivity index (χ4v) is 3.73. The molecule has 32 heavy (non-hydrogen) atoms. The monoisotopic (exact) mass is 449 g/mol. The Kier molecular flexibility index (Phi) is 7.98. The van der Waals surface area contributed by atoms with Crippen molar-refractivity contribution in [2.45, 2.75) is 13.8 Å². The molecule has 1 aromatic heterocycles. The number of aromatic nitrogens is 1. The molecule has 3 rings (SSSR count). The number of carbonyl (C=O) groups excluding carboxylic acids is 1. The van der Waals surface area contributed by atoms with Crippen molar-refractivity contribution >= 4 is 28.9 Å². The first-order valence-corrected chi connectivity index (χ1v) is 10.9. The van der Waals surface area contributed by atoms with Gasteiger partial charge in [0.15, 0.2) is 0 Å². The zero-order chi connectivity index (χ0) is 23.1. The maximum atomic E-state index is 13.4. The molecule has 6 nitrogen and oxygen atoms in total. The molecular formula is C25H28ClN5O. The lowest BCUT2D eigenvalue weighted by Crippen LogP contribution is -2.41. The number of nitrogens with zero attached hydrogens (tertiary/aromatic N) is 3. The highest BCUT2D eigenvalue weighted by Gasteiger charge is 2.30. The van der Waals surface area contributed by atoms with Gasteiger partial charge < -0.3 is 10.6 Å². The molecule has 166 valence electrons. The summed E-state index contributed by atoms with van der Waals surface area (Å²) in [5.41, 5.74) is 3.97. The largest absolute Gasteiger partial charge is 0.369 e. The molecule has 0 saturated heterocycles. The van der Waals surface area contributed by atoms with Crippen LogP contribution < -0.4 is 10.6 Å². The highest BCUT2D eigenvalue weighted by Crippen LogP contribution is 2.33. The van der Waals surface area contributed by atoms with E-state index in [2.05, 4.69) is 27.2 Å². The van der Waals surface area contributed by atoms with Crippen molar-refractivity contribution < 1.29 is 4.79 Å². The van der Waals surface area contributed by atoms with Gasteiger partial charge in [-0.2, -0.15) is 0 Å². The third-order valence-electron chi connectivity index (χ3n) is 5.12. The lowest BCUT2D eigenvalue weighted by atomic mass is 9.95. The molecule has 2 heterocycles. The molecule has 2 N–H and O–H groups in total. The van der Waals surface area contributed by atoms with Gasteiger partial charge in [0.25, 0.3) is 5.91 Å². The van der Waals surface area contributed by atoms with Crippen LogP contribution in [0, 0.1) is 0 Å². The summed E-state index contributed by atoms with van der Waals surface area (Å²) in [5, 5.41) is 6.73. The second kappa shape index (κ2) is 10.9. The van der Waals surface area contributed by atoms with E-state index in [9.17, 15) is 4.79 Å². The summed E-state index contributed by atoms with van der Waals surface area (Å²) in [5.74, 6) is 0.946. The quantitative estimate of drug-likeness (QED) is 0.590. The Morgan fingerprint density at radius 2 is 2.09 bits per heavy atom. The van der Waals surface area contributed by atoms with Crippen LogP contribution in [0.25, 0.3) is 16.7 Å². The number of hydrogen-bond acceptors (Lipinski definition) is 5. The Hall–Kier alpha value is -3.22. The van der Waals surface area contributed by atoms with E-state index in [0.717, 1.165) is 23.2 Å². The number of likely N-dealkylation sites (N-methyl/N-ethyl adjacent to an activating group) is 2. The Morgan fingerprint density at radius 1 is 1.28 bits per heavy atom. The van der Waals surface area contributed by atoms with Gasteiger partial charge in [-0.3, -0.25) is 14.7 Å². The Morgan fingerprint density at radius 3 is 2.72 bits per heavy atom. The van der Waals surface area contributed by atoms with Crippen LogP contribution in [0.1, 0.15) is 19.4 Å². The number of aliphatic imine (C=N–C) groups is 1. The zero-order valence-corrected chi connectivity index (χ0v) is 19.4. The second-order valence-corrected chi connectivity index (χ2v) is 7.61. The smallest absolute Gasteiger partial charge is 0.260 e. The number of benzene rings is 1. The Balaban J connectivity index is 1.97. The minimum Gasteiger partial charge on any atom is -0.369 e. The molecule has 1 amide bonds. The van der Waals surface area contributed by atoms with Gasteiger partial charge in [-0.05, 0) is 44.7 Å². The van der Waals surface area contributed by atoms with Crippen LogP contribution in [0.5, 0.6) is 0 Å². The van der Waals surface area contributed by atoms with Crippen LogP contribution in [0.3, 0.4) is 0 Å². The summed E-state index contributed by atoms with van der Waals surface area (Å²) in [6.45, 7) is 9.77. The van der Waals surface area contributed by atoms with Crippen LogP contribution in [0.2, 0.25) is 5.02 Å². The fraction of sp³-hybridized carbons (Fsp3) is 0.240. The van der Waals surface area contributed by atoms with Gasteiger partial charge in [0.2, 0.25) is 0 Å². The van der Waals surface area contributed by atoms with E-state index in [1.807, 2.05) is 63.4 Å². The first-order valence-electron chi connectivity index (χ1n) is 10.6. The highest BCUT2D eigenvalue weighted by molar-refractivity contribution is 6.37. The molecule has 0 bridgehead atoms. The fourth-order valence-electron chi connectivity index (χ4n) is 3.45. The van der Waals surface area contributed by atoms with E-state index in [4.69, 9.17) is 11.6 Å². The SMILES string of the molecule is C=C(/N=C1\C(=C/C)C=C(c2ccc(-c3cccnc3)cc2Cl)C(=O)N1CC)NCCNC. The van der Waals surface area contributed by atoms with Crippen LogP contribution in [0.4, 0.5) is 0 Å². The molecule has 2 aromatic rings. The number of rotatable bonds is 8. The summed E-state index contributed by atoms with van der Waals surface area (Å²) in [7, 11) is 1.88. The number of hydrogen-bond donors (Lipinski definition) is 2. The highest BCUT2D eigenvalue weighted by atomic mass is 35.5. The van der Waals surface area contributed by atoms with Crippen molar-refractivity contribution in [2.75, 3.05) is 26.7 Å². The molecular weight excluding hydrogens is 422 g/mol. The maximum Gasteiger partial charge on any atom is 0.260 e. The van der Waals surface area contributed by atoms with Gasteiger partial charge in [0.1, 0.15) is 11.7 Å². The van der Waals surface area contributed by atoms with Crippen LogP contribution in [-0.4, -0.2) is 48.3 Å². The summed E-state index contributed by atoms with van der Waals surface area (Å²) >= 11 is 6.64. The molecule has 7 heteroatoms. The van der Waals surface area contributed by atoms with Crippen LogP contribution in [0.15, 0.2) is 77.8 Å².